The molecule has 2 aromatic carbocycles. The number of benzene rings is 2. The second kappa shape index (κ2) is 8.87. The summed E-state index contributed by atoms with van der Waals surface area (Å²) in [6.07, 6.45) is 1.35. The number of nitrogens with one attached hydrogen (secondary N) is 1. The Morgan fingerprint density at radius 2 is 1.97 bits per heavy atom. The fourth-order valence-electron chi connectivity index (χ4n) is 2.79. The number of rotatable bonds is 6. The van der Waals surface area contributed by atoms with Gasteiger partial charge in [-0.05, 0) is 35.9 Å². The number of hydrogen-bond acceptors (Lipinski definition) is 6. The highest BCUT2D eigenvalue weighted by molar-refractivity contribution is 9.10. The minimum Gasteiger partial charge on any atom is -0.496 e. The molecule has 0 aliphatic rings. The van der Waals surface area contributed by atoms with Gasteiger partial charge in [0.05, 0.1) is 31.4 Å². The van der Waals surface area contributed by atoms with E-state index in [-0.39, 0.29) is 30.1 Å². The quantitative estimate of drug-likeness (QED) is 0.567. The molecule has 0 spiro atoms. The molecular weight excluding hydrogens is 442 g/mol. The molecule has 0 aliphatic carbocycles. The lowest BCUT2D eigenvalue weighted by Gasteiger charge is -2.11. The molecular formula is C20H18BrN3O5. The maximum Gasteiger partial charge on any atom is 0.341 e. The van der Waals surface area contributed by atoms with E-state index >= 15 is 0 Å². The summed E-state index contributed by atoms with van der Waals surface area (Å²) in [5.41, 5.74) is 1.21. The van der Waals surface area contributed by atoms with Crippen molar-refractivity contribution in [2.24, 2.45) is 0 Å². The van der Waals surface area contributed by atoms with Gasteiger partial charge in [0.15, 0.2) is 0 Å². The number of carbonyl (C=O) groups excluding carboxylic acids is 2. The highest BCUT2D eigenvalue weighted by Crippen LogP contribution is 2.20. The molecule has 1 N–H and O–H groups in total. The average Bonchev–Trinajstić information content (AvgIpc) is 2.73. The van der Waals surface area contributed by atoms with Gasteiger partial charge < -0.3 is 14.8 Å². The molecule has 0 saturated heterocycles. The molecule has 9 heteroatoms. The molecule has 1 aromatic heterocycles. The van der Waals surface area contributed by atoms with Crippen LogP contribution in [0.3, 0.4) is 0 Å². The van der Waals surface area contributed by atoms with Crippen LogP contribution in [0.2, 0.25) is 0 Å². The molecule has 0 aliphatic heterocycles. The Bertz CT molecular complexity index is 1140. The second-order valence-corrected chi connectivity index (χ2v) is 7.06. The number of esters is 1. The average molecular weight is 460 g/mol. The largest absolute Gasteiger partial charge is 0.496 e. The lowest BCUT2D eigenvalue weighted by molar-refractivity contribution is -0.121. The van der Waals surface area contributed by atoms with Gasteiger partial charge in [0.25, 0.3) is 5.56 Å². The van der Waals surface area contributed by atoms with E-state index in [0.717, 1.165) is 4.47 Å². The number of aromatic nitrogens is 2. The normalized spacial score (nSPS) is 10.6. The van der Waals surface area contributed by atoms with Crippen molar-refractivity contribution in [3.63, 3.8) is 0 Å². The number of ether oxygens (including phenoxy) is 2. The van der Waals surface area contributed by atoms with Crippen molar-refractivity contribution in [1.82, 2.24) is 14.9 Å². The van der Waals surface area contributed by atoms with Gasteiger partial charge in [-0.1, -0.05) is 22.0 Å². The van der Waals surface area contributed by atoms with Gasteiger partial charge in [-0.25, -0.2) is 9.78 Å². The van der Waals surface area contributed by atoms with E-state index in [1.54, 1.807) is 36.4 Å². The number of amides is 1. The Balaban J connectivity index is 1.72. The van der Waals surface area contributed by atoms with Crippen LogP contribution in [0.25, 0.3) is 10.9 Å². The van der Waals surface area contributed by atoms with Crippen LogP contribution in [0.15, 0.2) is 52.0 Å². The van der Waals surface area contributed by atoms with Crippen LogP contribution in [-0.4, -0.2) is 35.6 Å². The molecule has 1 heterocycles. The topological polar surface area (TPSA) is 99.5 Å². The second-order valence-electron chi connectivity index (χ2n) is 6.14. The Morgan fingerprint density at radius 1 is 1.17 bits per heavy atom. The monoisotopic (exact) mass is 459 g/mol. The summed E-state index contributed by atoms with van der Waals surface area (Å²) < 4.78 is 11.9. The minimum atomic E-state index is -0.532. The van der Waals surface area contributed by atoms with Crippen LogP contribution in [0, 0.1) is 0 Å². The molecule has 0 unspecified atom stereocenters. The van der Waals surface area contributed by atoms with Gasteiger partial charge in [-0.15, -0.1) is 0 Å². The summed E-state index contributed by atoms with van der Waals surface area (Å²) in [6.45, 7) is 0.00241. The van der Waals surface area contributed by atoms with Gasteiger partial charge in [0.1, 0.15) is 17.9 Å². The van der Waals surface area contributed by atoms with E-state index in [9.17, 15) is 14.4 Å². The standard InChI is InChI=1S/C20H18BrN3O5/c1-28-17-6-3-12(7-15(17)20(27)29-2)9-22-18(25)10-24-11-23-16-5-4-13(21)8-14(16)19(24)26/h3-8,11H,9-10H2,1-2H3,(H,22,25). The first-order valence-electron chi connectivity index (χ1n) is 8.59. The Labute approximate surface area is 174 Å². The molecule has 0 bridgehead atoms. The minimum absolute atomic E-state index is 0.172. The van der Waals surface area contributed by atoms with Crippen molar-refractivity contribution < 1.29 is 19.1 Å². The summed E-state index contributed by atoms with van der Waals surface area (Å²) in [6, 6.07) is 10.1. The number of nitrogens with zero attached hydrogens (tertiary/aromatic N) is 2. The molecule has 29 heavy (non-hydrogen) atoms. The first kappa shape index (κ1) is 20.5. The summed E-state index contributed by atoms with van der Waals surface area (Å²) in [7, 11) is 2.74. The first-order valence-corrected chi connectivity index (χ1v) is 9.39. The fraction of sp³-hybridized carbons (Fsp3) is 0.200. The maximum absolute atomic E-state index is 12.6. The van der Waals surface area contributed by atoms with E-state index in [4.69, 9.17) is 9.47 Å². The van der Waals surface area contributed by atoms with Crippen LogP contribution in [0.1, 0.15) is 15.9 Å². The molecule has 0 saturated carbocycles. The van der Waals surface area contributed by atoms with Crippen LogP contribution in [0.5, 0.6) is 5.75 Å². The van der Waals surface area contributed by atoms with Crippen molar-refractivity contribution in [3.8, 4) is 5.75 Å². The van der Waals surface area contributed by atoms with Gasteiger partial charge in [0.2, 0.25) is 5.91 Å². The van der Waals surface area contributed by atoms with E-state index in [1.807, 2.05) is 0 Å². The number of carbonyl (C=O) groups is 2. The molecule has 150 valence electrons. The van der Waals surface area contributed by atoms with Gasteiger partial charge in [-0.3, -0.25) is 14.2 Å². The van der Waals surface area contributed by atoms with Crippen LogP contribution < -0.4 is 15.6 Å². The highest BCUT2D eigenvalue weighted by atomic mass is 79.9. The Morgan fingerprint density at radius 3 is 2.69 bits per heavy atom. The third-order valence-corrected chi connectivity index (χ3v) is 4.75. The SMILES string of the molecule is COC(=O)c1cc(CNC(=O)Cn2cnc3ccc(Br)cc3c2=O)ccc1OC. The van der Waals surface area contributed by atoms with Crippen LogP contribution in [-0.2, 0) is 22.6 Å². The third-order valence-electron chi connectivity index (χ3n) is 4.26. The van der Waals surface area contributed by atoms with E-state index in [0.29, 0.717) is 22.2 Å². The van der Waals surface area contributed by atoms with Crippen LogP contribution >= 0.6 is 15.9 Å². The number of hydrogen-bond donors (Lipinski definition) is 1. The van der Waals surface area contributed by atoms with Crippen molar-refractivity contribution in [1.29, 1.82) is 0 Å². The molecule has 8 nitrogen and oxygen atoms in total. The van der Waals surface area contributed by atoms with E-state index < -0.39 is 5.97 Å². The summed E-state index contributed by atoms with van der Waals surface area (Å²) in [4.78, 5) is 41.0. The van der Waals surface area contributed by atoms with Crippen LogP contribution in [0.4, 0.5) is 0 Å². The zero-order chi connectivity index (χ0) is 21.0. The molecule has 1 amide bonds. The molecule has 0 atom stereocenters. The Kier molecular flexibility index (Phi) is 6.28. The lowest BCUT2D eigenvalue weighted by atomic mass is 10.1. The molecule has 0 radical (unpaired) electrons. The fourth-order valence-corrected chi connectivity index (χ4v) is 3.15. The van der Waals surface area contributed by atoms with Gasteiger partial charge >= 0.3 is 5.97 Å². The number of methoxy groups -OCH3 is 2. The zero-order valence-corrected chi connectivity index (χ0v) is 17.4. The smallest absolute Gasteiger partial charge is 0.341 e. The van der Waals surface area contributed by atoms with Gasteiger partial charge in [0, 0.05) is 11.0 Å². The summed E-state index contributed by atoms with van der Waals surface area (Å²) >= 11 is 3.33. The molecule has 3 rings (SSSR count). The predicted molar refractivity (Wildman–Crippen MR) is 110 cm³/mol. The van der Waals surface area contributed by atoms with Crippen molar-refractivity contribution in [2.75, 3.05) is 14.2 Å². The number of fused-ring (bicyclic) bond motifs is 1. The number of halogens is 1. The Hall–Kier alpha value is -3.20. The maximum atomic E-state index is 12.6. The van der Waals surface area contributed by atoms with Gasteiger partial charge in [-0.2, -0.15) is 0 Å². The summed E-state index contributed by atoms with van der Waals surface area (Å²) in [5, 5.41) is 3.15. The van der Waals surface area contributed by atoms with E-state index in [1.165, 1.54) is 25.1 Å². The van der Waals surface area contributed by atoms with Crippen molar-refractivity contribution in [2.45, 2.75) is 13.1 Å². The zero-order valence-electron chi connectivity index (χ0n) is 15.8. The van der Waals surface area contributed by atoms with Crippen molar-refractivity contribution >= 4 is 38.7 Å². The molecule has 0 fully saturated rings. The lowest BCUT2D eigenvalue weighted by Crippen LogP contribution is -2.32. The molecule has 3 aromatic rings. The highest BCUT2D eigenvalue weighted by Gasteiger charge is 2.14. The van der Waals surface area contributed by atoms with E-state index in [2.05, 4.69) is 26.2 Å². The van der Waals surface area contributed by atoms with Crippen molar-refractivity contribution in [3.05, 3.63) is 68.7 Å². The predicted octanol–water partition coefficient (Wildman–Crippen LogP) is 2.27. The summed E-state index contributed by atoms with van der Waals surface area (Å²) in [5.74, 6) is -0.513. The first-order chi connectivity index (χ1) is 13.9. The third kappa shape index (κ3) is 4.62.